The highest BCUT2D eigenvalue weighted by molar-refractivity contribution is 14.1. The van der Waals surface area contributed by atoms with Crippen LogP contribution in [0.15, 0.2) is 0 Å². The van der Waals surface area contributed by atoms with Crippen LogP contribution in [0.4, 0.5) is 0 Å². The minimum absolute atomic E-state index is 0.154. The maximum absolute atomic E-state index is 11.9. The molecule has 0 aromatic carbocycles. The van der Waals surface area contributed by atoms with Crippen LogP contribution in [0.3, 0.4) is 0 Å². The van der Waals surface area contributed by atoms with Gasteiger partial charge in [0.25, 0.3) is 0 Å². The summed E-state index contributed by atoms with van der Waals surface area (Å²) >= 11 is 24.1. The number of carbonyl (C=O) groups excluding carboxylic acids is 12. The molecule has 0 saturated heterocycles. The third-order valence-corrected chi connectivity index (χ3v) is 19.1. The Balaban J connectivity index is -0.000000655. The summed E-state index contributed by atoms with van der Waals surface area (Å²) in [6.45, 7) is 32.4. The van der Waals surface area contributed by atoms with E-state index < -0.39 is 10.3 Å². The fourth-order valence-electron chi connectivity index (χ4n) is 7.09. The van der Waals surface area contributed by atoms with E-state index in [4.69, 9.17) is 56.8 Å². The fourth-order valence-corrected chi connectivity index (χ4v) is 9.30. The predicted molar refractivity (Wildman–Crippen MR) is 507 cm³/mol. The Morgan fingerprint density at radius 2 is 0.387 bits per heavy atom. The van der Waals surface area contributed by atoms with E-state index in [0.29, 0.717) is 92.2 Å². The van der Waals surface area contributed by atoms with Crippen molar-refractivity contribution in [1.29, 1.82) is 0 Å². The number of carbonyl (C=O) groups is 12. The van der Waals surface area contributed by atoms with E-state index in [9.17, 15) is 57.5 Å². The molecule has 0 spiro atoms. The lowest BCUT2D eigenvalue weighted by molar-refractivity contribution is -0.148. The molecule has 0 aliphatic heterocycles. The first-order valence-electron chi connectivity index (χ1n) is 33.8. The van der Waals surface area contributed by atoms with Crippen LogP contribution in [0, 0.1) is 0 Å². The van der Waals surface area contributed by atoms with E-state index in [-0.39, 0.29) is 135 Å². The zero-order valence-corrected chi connectivity index (χ0v) is 88.3. The number of hydrogen-bond donors (Lipinski definition) is 0. The Labute approximate surface area is 791 Å². The Bertz CT molecular complexity index is 2230. The maximum Gasteiger partial charge on any atom is 0.321 e. The Morgan fingerprint density at radius 3 is 0.538 bits per heavy atom. The highest BCUT2D eigenvalue weighted by atomic mass is 127. The molecule has 0 amide bonds. The Morgan fingerprint density at radius 1 is 0.245 bits per heavy atom. The average Bonchev–Trinajstić information content (AvgIpc) is 0.916. The third kappa shape index (κ3) is 71.5. The van der Waals surface area contributed by atoms with Crippen molar-refractivity contribution in [2.24, 2.45) is 0 Å². The van der Waals surface area contributed by atoms with Crippen molar-refractivity contribution in [3.63, 3.8) is 0 Å². The van der Waals surface area contributed by atoms with Crippen LogP contribution in [0.25, 0.3) is 0 Å². The molecule has 106 heavy (non-hydrogen) atoms. The Kier molecular flexibility index (Phi) is 75.9. The van der Waals surface area contributed by atoms with Gasteiger partial charge in [-0.3, -0.25) is 67.3 Å². The summed E-state index contributed by atoms with van der Waals surface area (Å²) in [6.07, 6.45) is 4.40. The number of nitrogens with zero attached hydrogens (tertiary/aromatic N) is 4. The summed E-state index contributed by atoms with van der Waals surface area (Å²) in [7, 11) is 0. The number of hydrogen-bond acceptors (Lipinski definition) is 28. The van der Waals surface area contributed by atoms with Gasteiger partial charge in [-0.05, 0) is 122 Å². The standard InChI is InChI=1S/2C18H30I3NO6.2C15H24I3NO6/c1-16(2,19)13(23)26-10-7-22(8-11-27-14(24)17(3,4)20)9-12-28-15(25)18(5,6)21;1-13(19)16(23)26-10-4-7-22(8-5-11-27-17(24)14(2)20)9-6-12-28-18(25)15(3)21;1-10(16)13(20)23-7-4-19(5-8-24-14(21)11(2)17)6-9-25-15(22)12(3)18;16-10-13(20)23-7-1-4-19(5-2-8-24-14(21)11-17)6-3-9-25-15(22)12-18/h7-12H2,1-6H3;13-15H,4-12H2,1-3H3;10-12H,4-9H2,1-3H3;1-12H2. The minimum atomic E-state index is -0.592. The molecule has 0 fully saturated rings. The van der Waals surface area contributed by atoms with Crippen LogP contribution >= 0.6 is 271 Å². The van der Waals surface area contributed by atoms with Gasteiger partial charge in [0.1, 0.15) is 73.5 Å². The van der Waals surface area contributed by atoms with Crippen molar-refractivity contribution in [3.05, 3.63) is 0 Å². The topological polar surface area (TPSA) is 329 Å². The minimum Gasteiger partial charge on any atom is -0.465 e. The van der Waals surface area contributed by atoms with Crippen molar-refractivity contribution in [2.75, 3.05) is 171 Å². The second-order valence-corrected chi connectivity index (χ2v) is 45.7. The molecule has 0 aromatic rings. The molecule has 0 aromatic heterocycles. The van der Waals surface area contributed by atoms with Gasteiger partial charge in [-0.15, -0.1) is 0 Å². The lowest BCUT2D eigenvalue weighted by Gasteiger charge is -2.24. The molecular formula is C66H108I12N4O24. The second-order valence-electron chi connectivity index (χ2n) is 24.1. The van der Waals surface area contributed by atoms with E-state index in [0.717, 1.165) is 77.8 Å². The number of halogens is 12. The number of ether oxygens (including phenoxy) is 12. The maximum atomic E-state index is 11.9. The first kappa shape index (κ1) is 115. The molecule has 0 rings (SSSR count). The van der Waals surface area contributed by atoms with Gasteiger partial charge in [0.15, 0.2) is 0 Å². The van der Waals surface area contributed by atoms with E-state index in [1.807, 2.05) is 281 Å². The molecular weight excluding hydrogens is 2760 g/mol. The highest BCUT2D eigenvalue weighted by Gasteiger charge is 2.29. The molecule has 0 saturated carbocycles. The zero-order chi connectivity index (χ0) is 82.0. The van der Waals surface area contributed by atoms with Crippen LogP contribution in [-0.4, -0.2) is 296 Å². The number of rotatable bonds is 54. The predicted octanol–water partition coefficient (Wildman–Crippen LogP) is 11.9. The van der Waals surface area contributed by atoms with Crippen molar-refractivity contribution in [2.45, 2.75) is 155 Å². The van der Waals surface area contributed by atoms with Gasteiger partial charge < -0.3 is 66.6 Å². The summed E-state index contributed by atoms with van der Waals surface area (Å²) in [4.78, 5) is 146. The summed E-state index contributed by atoms with van der Waals surface area (Å²) in [5.74, 6) is -2.89. The van der Waals surface area contributed by atoms with Crippen LogP contribution in [0.2, 0.25) is 0 Å². The van der Waals surface area contributed by atoms with Crippen LogP contribution < -0.4 is 0 Å². The monoisotopic (exact) mass is 2860 g/mol. The van der Waals surface area contributed by atoms with Gasteiger partial charge in [-0.1, -0.05) is 271 Å². The summed E-state index contributed by atoms with van der Waals surface area (Å²) in [5, 5.41) is 0. The molecule has 620 valence electrons. The van der Waals surface area contributed by atoms with E-state index in [2.05, 4.69) is 9.80 Å². The lowest BCUT2D eigenvalue weighted by atomic mass is 10.2. The highest BCUT2D eigenvalue weighted by Crippen LogP contribution is 2.21. The van der Waals surface area contributed by atoms with Gasteiger partial charge in [0.05, 0.1) is 52.9 Å². The molecule has 40 heteroatoms. The van der Waals surface area contributed by atoms with Crippen molar-refractivity contribution >= 4 is 343 Å². The van der Waals surface area contributed by atoms with Crippen molar-refractivity contribution < 1.29 is 114 Å². The van der Waals surface area contributed by atoms with E-state index in [1.165, 1.54) is 0 Å². The second kappa shape index (κ2) is 70.3. The fraction of sp³-hybridized carbons (Fsp3) is 0.818. The van der Waals surface area contributed by atoms with E-state index in [1.54, 1.807) is 83.1 Å². The normalized spacial score (nSPS) is 13.0. The molecule has 0 heterocycles. The van der Waals surface area contributed by atoms with Crippen molar-refractivity contribution in [1.82, 2.24) is 19.6 Å². The Hall–Kier alpha value is 2.24. The lowest BCUT2D eigenvalue weighted by Crippen LogP contribution is -2.38. The molecule has 6 unspecified atom stereocenters. The largest absolute Gasteiger partial charge is 0.465 e. The molecule has 0 radical (unpaired) electrons. The number of esters is 12. The molecule has 0 N–H and O–H groups in total. The molecule has 6 atom stereocenters. The summed E-state index contributed by atoms with van der Waals surface area (Å²) in [5.41, 5.74) is 0. The van der Waals surface area contributed by atoms with Gasteiger partial charge >= 0.3 is 71.6 Å². The summed E-state index contributed by atoms with van der Waals surface area (Å²) in [6, 6.07) is 0. The molecule has 0 bridgehead atoms. The smallest absolute Gasteiger partial charge is 0.321 e. The summed E-state index contributed by atoms with van der Waals surface area (Å²) < 4.78 is 60.4. The van der Waals surface area contributed by atoms with Crippen LogP contribution in [-0.2, 0) is 114 Å². The molecule has 0 aliphatic rings. The van der Waals surface area contributed by atoms with Crippen molar-refractivity contribution in [3.8, 4) is 0 Å². The van der Waals surface area contributed by atoms with Gasteiger partial charge in [-0.2, -0.15) is 0 Å². The zero-order valence-electron chi connectivity index (χ0n) is 62.4. The molecule has 28 nitrogen and oxygen atoms in total. The number of alkyl halides is 12. The SMILES string of the molecule is CC(C)(I)C(=O)OCCN(CCOC(=O)C(C)(C)I)CCOC(=O)C(C)(C)I.CC(I)C(=O)OCCCN(CCCOC(=O)C(C)I)CCCOC(=O)C(C)I.CC(I)C(=O)OCCN(CCOC(=O)C(C)I)CCOC(=O)C(C)I.O=C(CI)OCCCN(CCCOC(=O)CI)CCCOC(=O)CI. The van der Waals surface area contributed by atoms with Gasteiger partial charge in [-0.25, -0.2) is 0 Å². The third-order valence-electron chi connectivity index (χ3n) is 12.8. The quantitative estimate of drug-likeness (QED) is 0.0179. The average molecular weight is 2860 g/mol. The first-order valence-corrected chi connectivity index (χ1v) is 49.1. The molecule has 0 aliphatic carbocycles. The first-order chi connectivity index (χ1) is 49.4. The van der Waals surface area contributed by atoms with Gasteiger partial charge in [0.2, 0.25) is 0 Å². The van der Waals surface area contributed by atoms with Crippen LogP contribution in [0.5, 0.6) is 0 Å². The van der Waals surface area contributed by atoms with Gasteiger partial charge in [0, 0.05) is 78.5 Å². The van der Waals surface area contributed by atoms with E-state index >= 15 is 0 Å². The van der Waals surface area contributed by atoms with Crippen LogP contribution in [0.1, 0.15) is 122 Å².